The van der Waals surface area contributed by atoms with Crippen LogP contribution in [0.4, 0.5) is 5.69 Å². The highest BCUT2D eigenvalue weighted by Gasteiger charge is 2.47. The first kappa shape index (κ1) is 35.2. The van der Waals surface area contributed by atoms with Crippen LogP contribution < -0.4 is 14.4 Å². The average Bonchev–Trinajstić information content (AvgIpc) is 3.21. The number of aryl methyl sites for hydroxylation is 1. The number of aldehydes is 1. The van der Waals surface area contributed by atoms with Crippen LogP contribution in [-0.4, -0.2) is 54.1 Å². The molecule has 2 aliphatic heterocycles. The first-order chi connectivity index (χ1) is 21.7. The molecular weight excluding hydrogens is 608 g/mol. The maximum Gasteiger partial charge on any atom is 0.263 e. The Morgan fingerprint density at radius 1 is 1.16 bits per heavy atom. The molecule has 1 aliphatic carbocycles. The summed E-state index contributed by atoms with van der Waals surface area (Å²) >= 11 is 6.40. The molecule has 1 N–H and O–H groups in total. The molecule has 246 valence electrons. The number of amides is 1. The first-order valence-electron chi connectivity index (χ1n) is 16.4. The number of benzene rings is 2. The molecule has 1 saturated carbocycles. The van der Waals surface area contributed by atoms with Crippen LogP contribution in [0.2, 0.25) is 5.02 Å². The van der Waals surface area contributed by atoms with E-state index in [2.05, 4.69) is 28.7 Å². The normalized spacial score (nSPS) is 30.6. The Kier molecular flexibility index (Phi) is 12.3. The summed E-state index contributed by atoms with van der Waals surface area (Å²) in [5.74, 6) is 0.647. The number of fused-ring (bicyclic) bond motifs is 2. The molecule has 2 bridgehead atoms. The van der Waals surface area contributed by atoms with Gasteiger partial charge >= 0.3 is 0 Å². The lowest BCUT2D eigenvalue weighted by molar-refractivity contribution is -0.135. The van der Waals surface area contributed by atoms with Crippen molar-refractivity contribution in [3.05, 3.63) is 70.3 Å². The third-order valence-electron chi connectivity index (χ3n) is 9.71. The Hall–Kier alpha value is -2.68. The highest BCUT2D eigenvalue weighted by Crippen LogP contribution is 2.46. The maximum absolute atomic E-state index is 13.3. The predicted octanol–water partition coefficient (Wildman–Crippen LogP) is 7.29. The van der Waals surface area contributed by atoms with Crippen LogP contribution in [0.15, 0.2) is 48.6 Å². The number of nitrogens with one attached hydrogen (secondary N) is 1. The second kappa shape index (κ2) is 15.7. The smallest absolute Gasteiger partial charge is 0.263 e. The minimum Gasteiger partial charge on any atom is -0.491 e. The number of carbonyl (C=O) groups is 2. The van der Waals surface area contributed by atoms with Gasteiger partial charge in [-0.1, -0.05) is 57.9 Å². The van der Waals surface area contributed by atoms with Gasteiger partial charge in [0.15, 0.2) is 6.29 Å². The molecule has 0 spiro atoms. The minimum atomic E-state index is -1.58. The van der Waals surface area contributed by atoms with Crippen molar-refractivity contribution in [2.45, 2.75) is 83.5 Å². The Morgan fingerprint density at radius 3 is 2.60 bits per heavy atom. The number of ether oxygens (including phenoxy) is 2. The largest absolute Gasteiger partial charge is 0.491 e. The third-order valence-corrected chi connectivity index (χ3v) is 11.5. The molecule has 7 atom stereocenters. The lowest BCUT2D eigenvalue weighted by Gasteiger charge is -2.47. The number of halogens is 1. The fourth-order valence-corrected chi connectivity index (χ4v) is 7.96. The van der Waals surface area contributed by atoms with E-state index in [4.69, 9.17) is 21.1 Å². The van der Waals surface area contributed by atoms with E-state index >= 15 is 0 Å². The fourth-order valence-electron chi connectivity index (χ4n) is 6.75. The van der Waals surface area contributed by atoms with Crippen LogP contribution in [-0.2, 0) is 26.9 Å². The standard InChI is InChI=1S/C34H43ClN2O5S.C2H6/c1-5-7-24-16-28(35)11-12-29(24)27-19-37-18-26-9-13-30(26)34(21-38,41-4)15-6-8-22(2)23(3)43(40)36-33(39)25-10-14-32(42-20-27)31(37)17-25;1-2/h6,10-12,14-17,21-23,26-27,30H,5,7-9,13,18-20H2,1-4H3,(H,36,39);1-2H3/b15-6+;. The summed E-state index contributed by atoms with van der Waals surface area (Å²) in [5.41, 5.74) is 2.69. The van der Waals surface area contributed by atoms with Crippen molar-refractivity contribution >= 4 is 40.5 Å². The molecule has 5 rings (SSSR count). The molecular formula is C36H49ClN2O5S. The second-order valence-electron chi connectivity index (χ2n) is 12.4. The molecule has 45 heavy (non-hydrogen) atoms. The second-order valence-corrected chi connectivity index (χ2v) is 14.3. The lowest BCUT2D eigenvalue weighted by Crippen LogP contribution is -2.52. The quantitative estimate of drug-likeness (QED) is 0.269. The van der Waals surface area contributed by atoms with Crippen LogP contribution in [0.25, 0.3) is 0 Å². The number of methoxy groups -OCH3 is 1. The molecule has 3 aliphatic rings. The zero-order chi connectivity index (χ0) is 32.7. The van der Waals surface area contributed by atoms with E-state index in [-0.39, 0.29) is 34.8 Å². The lowest BCUT2D eigenvalue weighted by atomic mass is 9.64. The van der Waals surface area contributed by atoms with Crippen LogP contribution in [0.5, 0.6) is 5.75 Å². The van der Waals surface area contributed by atoms with E-state index in [0.29, 0.717) is 37.4 Å². The predicted molar refractivity (Wildman–Crippen MR) is 184 cm³/mol. The van der Waals surface area contributed by atoms with Gasteiger partial charge in [-0.15, -0.1) is 0 Å². The average molecular weight is 657 g/mol. The Morgan fingerprint density at radius 2 is 1.93 bits per heavy atom. The van der Waals surface area contributed by atoms with E-state index in [9.17, 15) is 13.8 Å². The van der Waals surface area contributed by atoms with Crippen molar-refractivity contribution in [3.8, 4) is 5.75 Å². The molecule has 2 aromatic carbocycles. The van der Waals surface area contributed by atoms with E-state index in [1.54, 1.807) is 13.2 Å². The van der Waals surface area contributed by atoms with Crippen molar-refractivity contribution in [1.29, 1.82) is 0 Å². The molecule has 1 amide bonds. The topological polar surface area (TPSA) is 84.9 Å². The van der Waals surface area contributed by atoms with Gasteiger partial charge in [-0.05, 0) is 92.0 Å². The van der Waals surface area contributed by atoms with Gasteiger partial charge in [0.05, 0.1) is 17.5 Å². The number of carbonyl (C=O) groups excluding carboxylic acids is 2. The van der Waals surface area contributed by atoms with Gasteiger partial charge < -0.3 is 14.4 Å². The SMILES string of the molecule is CC.CCCc1cc(Cl)ccc1C1COc2ccc3cc2N(C1)CC1CCC1C(C=O)(OC)/C=C/CC(C)C(C)S(=O)NC3=O. The molecule has 7 nitrogen and oxygen atoms in total. The third kappa shape index (κ3) is 7.66. The van der Waals surface area contributed by atoms with Gasteiger partial charge in [0.1, 0.15) is 22.3 Å². The van der Waals surface area contributed by atoms with E-state index in [1.807, 2.05) is 58.0 Å². The summed E-state index contributed by atoms with van der Waals surface area (Å²) in [6.45, 7) is 11.9. The summed E-state index contributed by atoms with van der Waals surface area (Å²) in [4.78, 5) is 28.3. The maximum atomic E-state index is 13.3. The number of nitrogens with zero attached hydrogens (tertiary/aromatic N) is 1. The zero-order valence-electron chi connectivity index (χ0n) is 27.5. The van der Waals surface area contributed by atoms with Gasteiger partial charge in [-0.25, -0.2) is 4.21 Å². The number of anilines is 1. The van der Waals surface area contributed by atoms with Crippen molar-refractivity contribution in [2.24, 2.45) is 17.8 Å². The molecule has 2 aromatic rings. The zero-order valence-corrected chi connectivity index (χ0v) is 29.1. The molecule has 0 radical (unpaired) electrons. The van der Waals surface area contributed by atoms with Gasteiger partial charge in [0, 0.05) is 42.6 Å². The van der Waals surface area contributed by atoms with Crippen molar-refractivity contribution in [1.82, 2.24) is 4.72 Å². The summed E-state index contributed by atoms with van der Waals surface area (Å²) in [6.07, 6.45) is 9.23. The number of hydrogen-bond donors (Lipinski definition) is 1. The van der Waals surface area contributed by atoms with Gasteiger partial charge in [-0.2, -0.15) is 0 Å². The van der Waals surface area contributed by atoms with Gasteiger partial charge in [0.2, 0.25) is 0 Å². The summed E-state index contributed by atoms with van der Waals surface area (Å²) < 4.78 is 28.3. The van der Waals surface area contributed by atoms with E-state index in [0.717, 1.165) is 42.7 Å². The number of allylic oxidation sites excluding steroid dienone is 1. The Bertz CT molecular complexity index is 1400. The molecule has 1 fully saturated rings. The highest BCUT2D eigenvalue weighted by molar-refractivity contribution is 7.84. The van der Waals surface area contributed by atoms with Crippen molar-refractivity contribution in [2.75, 3.05) is 31.7 Å². The number of rotatable bonds is 5. The van der Waals surface area contributed by atoms with E-state index < -0.39 is 16.6 Å². The van der Waals surface area contributed by atoms with E-state index in [1.165, 1.54) is 11.1 Å². The van der Waals surface area contributed by atoms with Crippen LogP contribution in [0.1, 0.15) is 87.7 Å². The first-order valence-corrected chi connectivity index (χ1v) is 18.0. The van der Waals surface area contributed by atoms with Gasteiger partial charge in [-0.3, -0.25) is 14.3 Å². The highest BCUT2D eigenvalue weighted by atomic mass is 35.5. The van der Waals surface area contributed by atoms with Crippen molar-refractivity contribution in [3.63, 3.8) is 0 Å². The molecule has 2 heterocycles. The Labute approximate surface area is 276 Å². The van der Waals surface area contributed by atoms with Crippen LogP contribution >= 0.6 is 11.6 Å². The fraction of sp³-hybridized carbons (Fsp3) is 0.556. The van der Waals surface area contributed by atoms with Crippen LogP contribution in [0.3, 0.4) is 0 Å². The molecule has 0 aromatic heterocycles. The molecule has 9 heteroatoms. The molecule has 0 saturated heterocycles. The monoisotopic (exact) mass is 656 g/mol. The summed E-state index contributed by atoms with van der Waals surface area (Å²) in [5, 5.41) is 0.436. The summed E-state index contributed by atoms with van der Waals surface area (Å²) in [6, 6.07) is 11.6. The minimum absolute atomic E-state index is 0.0158. The summed E-state index contributed by atoms with van der Waals surface area (Å²) in [7, 11) is 0.0232. The van der Waals surface area contributed by atoms with Gasteiger partial charge in [0.25, 0.3) is 5.91 Å². The Balaban J connectivity index is 0.00000226. The van der Waals surface area contributed by atoms with Crippen LogP contribution in [0, 0.1) is 17.8 Å². The number of hydrogen-bond acceptors (Lipinski definition) is 6. The molecule has 7 unspecified atom stereocenters. The van der Waals surface area contributed by atoms with Crippen molar-refractivity contribution < 1.29 is 23.3 Å².